The molecule has 0 saturated heterocycles. The van der Waals surface area contributed by atoms with E-state index in [0.29, 0.717) is 11.6 Å². The van der Waals surface area contributed by atoms with Crippen molar-refractivity contribution in [3.8, 4) is 0 Å². The molecule has 1 saturated carbocycles. The van der Waals surface area contributed by atoms with Crippen LogP contribution >= 0.6 is 0 Å². The van der Waals surface area contributed by atoms with E-state index >= 15 is 0 Å². The van der Waals surface area contributed by atoms with Gasteiger partial charge in [-0.05, 0) is 50.1 Å². The fraction of sp³-hybridized carbons (Fsp3) is 0.333. The summed E-state index contributed by atoms with van der Waals surface area (Å²) in [6.07, 6.45) is 6.40. The molecule has 0 amide bonds. The van der Waals surface area contributed by atoms with E-state index in [0.717, 1.165) is 27.8 Å². The van der Waals surface area contributed by atoms with Gasteiger partial charge in [0, 0.05) is 40.2 Å². The summed E-state index contributed by atoms with van der Waals surface area (Å²) in [5.74, 6) is 0.589. The number of nitrogens with zero attached hydrogens (tertiary/aromatic N) is 3. The van der Waals surface area contributed by atoms with Crippen LogP contribution in [0.25, 0.3) is 10.8 Å². The minimum Gasteiger partial charge on any atom is -0.362 e. The van der Waals surface area contributed by atoms with E-state index in [2.05, 4.69) is 46.0 Å². The van der Waals surface area contributed by atoms with Gasteiger partial charge in [-0.2, -0.15) is 5.11 Å². The summed E-state index contributed by atoms with van der Waals surface area (Å²) >= 11 is 0. The van der Waals surface area contributed by atoms with Crippen molar-refractivity contribution in [2.75, 3.05) is 10.6 Å². The molecule has 2 aliphatic rings. The zero-order valence-corrected chi connectivity index (χ0v) is 17.5. The van der Waals surface area contributed by atoms with Gasteiger partial charge in [-0.25, -0.2) is 0 Å². The number of nitro groups is 1. The van der Waals surface area contributed by atoms with Crippen LogP contribution in [0.1, 0.15) is 39.0 Å². The molecule has 3 aromatic rings. The second kappa shape index (κ2) is 7.65. The first-order chi connectivity index (χ1) is 15.0. The van der Waals surface area contributed by atoms with Crippen LogP contribution in [-0.2, 0) is 0 Å². The Balaban J connectivity index is 1.47. The molecule has 1 aliphatic heterocycles. The van der Waals surface area contributed by atoms with Crippen molar-refractivity contribution in [1.29, 1.82) is 0 Å². The highest BCUT2D eigenvalue weighted by Gasteiger charge is 2.38. The van der Waals surface area contributed by atoms with E-state index in [-0.39, 0.29) is 11.4 Å². The monoisotopic (exact) mass is 415 g/mol. The molecule has 1 fully saturated rings. The maximum atomic E-state index is 10.8. The van der Waals surface area contributed by atoms with Gasteiger partial charge in [-0.1, -0.05) is 31.4 Å². The normalized spacial score (nSPS) is 21.1. The summed E-state index contributed by atoms with van der Waals surface area (Å²) in [6, 6.07) is 16.4. The first-order valence-electron chi connectivity index (χ1n) is 10.8. The Bertz CT molecular complexity index is 1150. The van der Waals surface area contributed by atoms with Gasteiger partial charge in [0.1, 0.15) is 5.66 Å². The first kappa shape index (κ1) is 19.5. The predicted molar refractivity (Wildman–Crippen MR) is 123 cm³/mol. The van der Waals surface area contributed by atoms with Gasteiger partial charge in [0.15, 0.2) is 0 Å². The standard InChI is InChI=1S/C24H25N5O2/c1-24(16-6-3-2-4-7-16)25-21-9-5-8-19-20(14-15-22(26-24)23(19)21)28-27-17-10-12-18(13-11-17)29(30)31/h5,8-16,25-26H,2-4,6-7H2,1H3. The van der Waals surface area contributed by atoms with Crippen molar-refractivity contribution in [1.82, 2.24) is 0 Å². The molecule has 158 valence electrons. The third-order valence-corrected chi connectivity index (χ3v) is 6.56. The number of azo groups is 1. The molecule has 5 rings (SSSR count). The summed E-state index contributed by atoms with van der Waals surface area (Å²) in [4.78, 5) is 10.4. The number of nitrogens with one attached hydrogen (secondary N) is 2. The summed E-state index contributed by atoms with van der Waals surface area (Å²) in [7, 11) is 0. The van der Waals surface area contributed by atoms with Crippen LogP contribution in [-0.4, -0.2) is 10.6 Å². The lowest BCUT2D eigenvalue weighted by Gasteiger charge is -2.45. The average molecular weight is 415 g/mol. The molecule has 0 aromatic heterocycles. The number of hydrogen-bond donors (Lipinski definition) is 2. The van der Waals surface area contributed by atoms with Gasteiger partial charge in [-0.15, -0.1) is 5.11 Å². The molecule has 31 heavy (non-hydrogen) atoms. The highest BCUT2D eigenvalue weighted by molar-refractivity contribution is 6.09. The molecule has 2 N–H and O–H groups in total. The van der Waals surface area contributed by atoms with Crippen LogP contribution in [0, 0.1) is 16.0 Å². The van der Waals surface area contributed by atoms with Gasteiger partial charge >= 0.3 is 0 Å². The number of non-ortho nitro benzene ring substituents is 1. The van der Waals surface area contributed by atoms with Crippen molar-refractivity contribution in [3.05, 3.63) is 64.7 Å². The quantitative estimate of drug-likeness (QED) is 0.266. The van der Waals surface area contributed by atoms with E-state index < -0.39 is 4.92 Å². The molecule has 0 bridgehead atoms. The lowest BCUT2D eigenvalue weighted by molar-refractivity contribution is -0.384. The number of hydrogen-bond acceptors (Lipinski definition) is 6. The summed E-state index contributed by atoms with van der Waals surface area (Å²) < 4.78 is 0. The van der Waals surface area contributed by atoms with Crippen molar-refractivity contribution >= 4 is 39.2 Å². The van der Waals surface area contributed by atoms with E-state index in [1.165, 1.54) is 44.2 Å². The minimum absolute atomic E-state index is 0.0405. The summed E-state index contributed by atoms with van der Waals surface area (Å²) in [6.45, 7) is 2.27. The number of benzene rings is 3. The fourth-order valence-corrected chi connectivity index (χ4v) is 4.91. The van der Waals surface area contributed by atoms with Crippen molar-refractivity contribution in [2.24, 2.45) is 16.1 Å². The van der Waals surface area contributed by atoms with E-state index in [1.807, 2.05) is 12.1 Å². The second-order valence-corrected chi connectivity index (χ2v) is 8.62. The molecule has 7 heteroatoms. The molecule has 3 aromatic carbocycles. The molecular weight excluding hydrogens is 390 g/mol. The maximum absolute atomic E-state index is 10.8. The van der Waals surface area contributed by atoms with Crippen LogP contribution in [0.5, 0.6) is 0 Å². The van der Waals surface area contributed by atoms with Gasteiger partial charge in [0.2, 0.25) is 0 Å². The maximum Gasteiger partial charge on any atom is 0.269 e. The minimum atomic E-state index is -0.422. The van der Waals surface area contributed by atoms with Crippen molar-refractivity contribution in [3.63, 3.8) is 0 Å². The molecular formula is C24H25N5O2. The van der Waals surface area contributed by atoms with Gasteiger partial charge in [-0.3, -0.25) is 10.1 Å². The lowest BCUT2D eigenvalue weighted by atomic mass is 9.79. The Morgan fingerprint density at radius 1 is 0.935 bits per heavy atom. The van der Waals surface area contributed by atoms with E-state index in [1.54, 1.807) is 12.1 Å². The van der Waals surface area contributed by atoms with Gasteiger partial charge < -0.3 is 10.6 Å². The van der Waals surface area contributed by atoms with Crippen LogP contribution < -0.4 is 10.6 Å². The summed E-state index contributed by atoms with van der Waals surface area (Å²) in [5.41, 5.74) is 3.46. The van der Waals surface area contributed by atoms with Crippen LogP contribution in [0.2, 0.25) is 0 Å². The third kappa shape index (κ3) is 3.60. The highest BCUT2D eigenvalue weighted by Crippen LogP contribution is 2.45. The predicted octanol–water partition coefficient (Wildman–Crippen LogP) is 7.30. The SMILES string of the molecule is CC1(C2CCCCC2)Nc2cccc3c(N=Nc4ccc([N+](=O)[O-])cc4)ccc(c23)N1. The molecule has 1 heterocycles. The van der Waals surface area contributed by atoms with Crippen LogP contribution in [0.3, 0.4) is 0 Å². The number of nitro benzene ring substituents is 1. The Labute approximate surface area is 180 Å². The Morgan fingerprint density at radius 3 is 2.35 bits per heavy atom. The largest absolute Gasteiger partial charge is 0.362 e. The van der Waals surface area contributed by atoms with Crippen LogP contribution in [0.15, 0.2) is 64.8 Å². The lowest BCUT2D eigenvalue weighted by Crippen LogP contribution is -2.52. The number of anilines is 2. The molecule has 7 nitrogen and oxygen atoms in total. The Hall–Kier alpha value is -3.48. The third-order valence-electron chi connectivity index (χ3n) is 6.56. The molecule has 1 atom stereocenters. The first-order valence-corrected chi connectivity index (χ1v) is 10.8. The second-order valence-electron chi connectivity index (χ2n) is 8.62. The van der Waals surface area contributed by atoms with Gasteiger partial charge in [0.05, 0.1) is 16.3 Å². The zero-order valence-electron chi connectivity index (χ0n) is 17.5. The molecule has 1 unspecified atom stereocenters. The van der Waals surface area contributed by atoms with E-state index in [9.17, 15) is 10.1 Å². The molecule has 1 aliphatic carbocycles. The molecule has 0 radical (unpaired) electrons. The fourth-order valence-electron chi connectivity index (χ4n) is 4.91. The van der Waals surface area contributed by atoms with E-state index in [4.69, 9.17) is 0 Å². The topological polar surface area (TPSA) is 91.9 Å². The Kier molecular flexibility index (Phi) is 4.81. The number of rotatable bonds is 4. The smallest absolute Gasteiger partial charge is 0.269 e. The summed E-state index contributed by atoms with van der Waals surface area (Å²) in [5, 5.41) is 29.3. The molecule has 0 spiro atoms. The van der Waals surface area contributed by atoms with Crippen molar-refractivity contribution in [2.45, 2.75) is 44.7 Å². The zero-order chi connectivity index (χ0) is 21.4. The van der Waals surface area contributed by atoms with Crippen molar-refractivity contribution < 1.29 is 4.92 Å². The van der Waals surface area contributed by atoms with Gasteiger partial charge in [0.25, 0.3) is 5.69 Å². The average Bonchev–Trinajstić information content (AvgIpc) is 2.79. The Morgan fingerprint density at radius 2 is 1.65 bits per heavy atom. The van der Waals surface area contributed by atoms with Crippen LogP contribution in [0.4, 0.5) is 28.4 Å². The highest BCUT2D eigenvalue weighted by atomic mass is 16.6.